The summed E-state index contributed by atoms with van der Waals surface area (Å²) in [7, 11) is -3.92. The van der Waals surface area contributed by atoms with Crippen LogP contribution in [0.25, 0.3) is 11.0 Å². The fourth-order valence-electron chi connectivity index (χ4n) is 3.45. The molecule has 10 heteroatoms. The molecule has 1 N–H and O–H groups in total. The van der Waals surface area contributed by atoms with Gasteiger partial charge in [-0.2, -0.15) is 13.1 Å². The Morgan fingerprint density at radius 1 is 1.17 bits per heavy atom. The number of hydrogen-bond acceptors (Lipinski definition) is 7. The molecular weight excluding hydrogens is 412 g/mol. The molecule has 0 aliphatic carbocycles. The summed E-state index contributed by atoms with van der Waals surface area (Å²) in [5, 5.41) is 2.74. The van der Waals surface area contributed by atoms with Crippen molar-refractivity contribution in [1.82, 2.24) is 13.1 Å². The Labute approximate surface area is 171 Å². The summed E-state index contributed by atoms with van der Waals surface area (Å²) >= 11 is 0.948. The van der Waals surface area contributed by atoms with Crippen LogP contribution in [0, 0.1) is 0 Å². The number of rotatable bonds is 5. The number of sulfonamides is 1. The second-order valence-corrected chi connectivity index (χ2v) is 9.18. The molecule has 0 radical (unpaired) electrons. The molecule has 0 spiro atoms. The molecule has 150 valence electrons. The molecule has 1 aliphatic heterocycles. The number of ketones is 1. The normalized spacial score (nSPS) is 17.5. The molecule has 1 atom stereocenters. The number of anilines is 1. The van der Waals surface area contributed by atoms with Crippen LogP contribution in [0.3, 0.4) is 0 Å². The van der Waals surface area contributed by atoms with Crippen molar-refractivity contribution in [3.63, 3.8) is 0 Å². The minimum Gasteiger partial charge on any atom is -0.325 e. The first-order valence-corrected chi connectivity index (χ1v) is 11.2. The third kappa shape index (κ3) is 3.66. The largest absolute Gasteiger partial charge is 0.325 e. The van der Waals surface area contributed by atoms with E-state index in [1.54, 1.807) is 36.4 Å². The molecule has 1 amide bonds. The van der Waals surface area contributed by atoms with Crippen molar-refractivity contribution in [3.05, 3.63) is 48.0 Å². The molecule has 1 aromatic heterocycles. The van der Waals surface area contributed by atoms with Gasteiger partial charge < -0.3 is 5.32 Å². The summed E-state index contributed by atoms with van der Waals surface area (Å²) in [6.07, 6.45) is 0.999. The van der Waals surface area contributed by atoms with Gasteiger partial charge in [0, 0.05) is 17.8 Å². The molecule has 4 rings (SSSR count). The Morgan fingerprint density at radius 2 is 1.97 bits per heavy atom. The van der Waals surface area contributed by atoms with Crippen LogP contribution >= 0.6 is 11.7 Å². The van der Waals surface area contributed by atoms with E-state index in [0.717, 1.165) is 11.7 Å². The highest BCUT2D eigenvalue weighted by Crippen LogP contribution is 2.30. The van der Waals surface area contributed by atoms with Gasteiger partial charge in [0.2, 0.25) is 15.9 Å². The predicted molar refractivity (Wildman–Crippen MR) is 109 cm³/mol. The van der Waals surface area contributed by atoms with E-state index in [1.807, 2.05) is 0 Å². The molecule has 2 aromatic carbocycles. The van der Waals surface area contributed by atoms with Crippen molar-refractivity contribution in [2.24, 2.45) is 0 Å². The predicted octanol–water partition coefficient (Wildman–Crippen LogP) is 2.69. The highest BCUT2D eigenvalue weighted by atomic mass is 32.2. The van der Waals surface area contributed by atoms with E-state index >= 15 is 0 Å². The van der Waals surface area contributed by atoms with Gasteiger partial charge >= 0.3 is 0 Å². The quantitative estimate of drug-likeness (QED) is 0.623. The van der Waals surface area contributed by atoms with E-state index < -0.39 is 22.0 Å². The van der Waals surface area contributed by atoms with E-state index in [4.69, 9.17) is 0 Å². The van der Waals surface area contributed by atoms with Gasteiger partial charge in [-0.1, -0.05) is 18.2 Å². The van der Waals surface area contributed by atoms with Crippen LogP contribution in [0.4, 0.5) is 5.69 Å². The lowest BCUT2D eigenvalue weighted by Crippen LogP contribution is -2.43. The topological polar surface area (TPSA) is 109 Å². The number of carbonyl (C=O) groups is 2. The number of hydrogen-bond donors (Lipinski definition) is 1. The van der Waals surface area contributed by atoms with Crippen molar-refractivity contribution in [2.75, 3.05) is 11.9 Å². The number of aromatic nitrogens is 2. The van der Waals surface area contributed by atoms with E-state index in [-0.39, 0.29) is 17.2 Å². The number of nitrogens with zero attached hydrogens (tertiary/aromatic N) is 3. The zero-order chi connectivity index (χ0) is 20.6. The van der Waals surface area contributed by atoms with Gasteiger partial charge in [0.05, 0.1) is 11.7 Å². The summed E-state index contributed by atoms with van der Waals surface area (Å²) in [4.78, 5) is 24.5. The summed E-state index contributed by atoms with van der Waals surface area (Å²) in [6, 6.07) is 10.6. The first-order valence-electron chi connectivity index (χ1n) is 9.03. The molecule has 3 aromatic rings. The van der Waals surface area contributed by atoms with Crippen LogP contribution in [-0.2, 0) is 14.8 Å². The first kappa shape index (κ1) is 19.6. The summed E-state index contributed by atoms with van der Waals surface area (Å²) < 4.78 is 36.0. The average Bonchev–Trinajstić information content (AvgIpc) is 3.37. The molecular formula is C19H18N4O4S2. The molecule has 0 bridgehead atoms. The number of amides is 1. The van der Waals surface area contributed by atoms with Gasteiger partial charge in [0.25, 0.3) is 0 Å². The smallest absolute Gasteiger partial charge is 0.246 e. The third-order valence-corrected chi connectivity index (χ3v) is 7.36. The molecule has 1 saturated heterocycles. The monoisotopic (exact) mass is 430 g/mol. The molecule has 1 fully saturated rings. The van der Waals surface area contributed by atoms with Crippen LogP contribution in [0.15, 0.2) is 47.4 Å². The minimum atomic E-state index is -3.92. The van der Waals surface area contributed by atoms with Crippen LogP contribution in [0.5, 0.6) is 0 Å². The minimum absolute atomic E-state index is 0.0574. The second kappa shape index (κ2) is 7.62. The number of carbonyl (C=O) groups excluding carboxylic acids is 2. The average molecular weight is 431 g/mol. The van der Waals surface area contributed by atoms with Gasteiger partial charge in [-0.25, -0.2) is 8.42 Å². The first-order chi connectivity index (χ1) is 13.9. The second-order valence-electron chi connectivity index (χ2n) is 6.79. The Kier molecular flexibility index (Phi) is 5.15. The fraction of sp³-hybridized carbons (Fsp3) is 0.263. The molecule has 1 aliphatic rings. The van der Waals surface area contributed by atoms with Crippen molar-refractivity contribution < 1.29 is 18.0 Å². The van der Waals surface area contributed by atoms with E-state index in [1.165, 1.54) is 17.3 Å². The number of fused-ring (bicyclic) bond motifs is 1. The molecule has 8 nitrogen and oxygen atoms in total. The van der Waals surface area contributed by atoms with Crippen LogP contribution in [-0.4, -0.2) is 45.7 Å². The van der Waals surface area contributed by atoms with Crippen molar-refractivity contribution in [3.8, 4) is 0 Å². The standard InChI is InChI=1S/C19H18N4O4S2/c1-12(24)13-5-2-6-14(11-13)20-19(25)16-8-4-10-23(16)29(26,27)17-9-3-7-15-18(17)22-28-21-15/h2-3,5-7,9,11,16H,4,8,10H2,1H3,(H,20,25)/t16-/m0/s1. The van der Waals surface area contributed by atoms with E-state index in [2.05, 4.69) is 14.1 Å². The van der Waals surface area contributed by atoms with E-state index in [0.29, 0.717) is 35.1 Å². The Balaban J connectivity index is 1.62. The third-order valence-electron chi connectivity index (χ3n) is 4.88. The zero-order valence-corrected chi connectivity index (χ0v) is 17.2. The maximum atomic E-state index is 13.3. The molecule has 2 heterocycles. The van der Waals surface area contributed by atoms with Crippen LogP contribution < -0.4 is 5.32 Å². The lowest BCUT2D eigenvalue weighted by atomic mass is 10.1. The Bertz CT molecular complexity index is 1210. The Hall–Kier alpha value is -2.69. The molecule has 0 saturated carbocycles. The number of benzene rings is 2. The van der Waals surface area contributed by atoms with Crippen LogP contribution in [0.1, 0.15) is 30.1 Å². The van der Waals surface area contributed by atoms with Gasteiger partial charge in [-0.3, -0.25) is 9.59 Å². The van der Waals surface area contributed by atoms with Gasteiger partial charge in [0.15, 0.2) is 5.78 Å². The number of Topliss-reactive ketones (excluding diaryl/α,β-unsaturated/α-hetero) is 1. The molecule has 29 heavy (non-hydrogen) atoms. The van der Waals surface area contributed by atoms with Gasteiger partial charge in [-0.15, -0.1) is 0 Å². The van der Waals surface area contributed by atoms with Crippen LogP contribution in [0.2, 0.25) is 0 Å². The maximum Gasteiger partial charge on any atom is 0.246 e. The van der Waals surface area contributed by atoms with Crippen molar-refractivity contribution in [2.45, 2.75) is 30.7 Å². The highest BCUT2D eigenvalue weighted by molar-refractivity contribution is 7.89. The number of nitrogens with one attached hydrogen (secondary N) is 1. The summed E-state index contributed by atoms with van der Waals surface area (Å²) in [5.41, 5.74) is 1.76. The highest BCUT2D eigenvalue weighted by Gasteiger charge is 2.40. The molecule has 0 unspecified atom stereocenters. The lowest BCUT2D eigenvalue weighted by molar-refractivity contribution is -0.119. The van der Waals surface area contributed by atoms with Gasteiger partial charge in [0.1, 0.15) is 22.0 Å². The zero-order valence-electron chi connectivity index (χ0n) is 15.5. The van der Waals surface area contributed by atoms with Crippen molar-refractivity contribution in [1.29, 1.82) is 0 Å². The van der Waals surface area contributed by atoms with E-state index in [9.17, 15) is 18.0 Å². The van der Waals surface area contributed by atoms with Gasteiger partial charge in [-0.05, 0) is 44.0 Å². The van der Waals surface area contributed by atoms with Crippen molar-refractivity contribution >= 4 is 50.2 Å². The Morgan fingerprint density at radius 3 is 2.76 bits per heavy atom. The summed E-state index contributed by atoms with van der Waals surface area (Å²) in [6.45, 7) is 1.70. The summed E-state index contributed by atoms with van der Waals surface area (Å²) in [5.74, 6) is -0.536. The SMILES string of the molecule is CC(=O)c1cccc(NC(=O)[C@@H]2CCCN2S(=O)(=O)c2cccc3nsnc23)c1. The fourth-order valence-corrected chi connectivity index (χ4v) is 5.86. The maximum absolute atomic E-state index is 13.3. The lowest BCUT2D eigenvalue weighted by Gasteiger charge is -2.23.